The molecule has 24 heavy (non-hydrogen) atoms. The fourth-order valence-corrected chi connectivity index (χ4v) is 2.78. The van der Waals surface area contributed by atoms with Crippen LogP contribution in [0.15, 0.2) is 65.2 Å². The summed E-state index contributed by atoms with van der Waals surface area (Å²) < 4.78 is 5.69. The van der Waals surface area contributed by atoms with Gasteiger partial charge in [-0.2, -0.15) is 0 Å². The molecule has 5 nitrogen and oxygen atoms in total. The summed E-state index contributed by atoms with van der Waals surface area (Å²) in [6.45, 7) is 1.42. The molecule has 4 rings (SSSR count). The molecule has 2 N–H and O–H groups in total. The molecule has 2 heterocycles. The molecule has 0 amide bonds. The summed E-state index contributed by atoms with van der Waals surface area (Å²) in [4.78, 5) is 3.30. The number of para-hydroxylation sites is 1. The molecule has 120 valence electrons. The second-order valence-electron chi connectivity index (χ2n) is 5.65. The monoisotopic (exact) mass is 318 g/mol. The maximum absolute atomic E-state index is 5.69. The fourth-order valence-electron chi connectivity index (χ4n) is 2.78. The van der Waals surface area contributed by atoms with Crippen molar-refractivity contribution < 1.29 is 4.42 Å². The van der Waals surface area contributed by atoms with Crippen molar-refractivity contribution in [1.29, 1.82) is 0 Å². The van der Waals surface area contributed by atoms with Crippen LogP contribution in [0.1, 0.15) is 11.5 Å². The van der Waals surface area contributed by atoms with Crippen molar-refractivity contribution in [2.24, 2.45) is 0 Å². The maximum atomic E-state index is 5.69. The average Bonchev–Trinajstić information content (AvgIpc) is 3.27. The van der Waals surface area contributed by atoms with E-state index in [9.17, 15) is 0 Å². The van der Waals surface area contributed by atoms with Crippen molar-refractivity contribution in [3.05, 3.63) is 72.2 Å². The number of benzene rings is 2. The van der Waals surface area contributed by atoms with Gasteiger partial charge in [-0.15, -0.1) is 10.2 Å². The molecule has 0 spiro atoms. The van der Waals surface area contributed by atoms with Crippen LogP contribution >= 0.6 is 0 Å². The third-order valence-corrected chi connectivity index (χ3v) is 4.01. The van der Waals surface area contributed by atoms with Gasteiger partial charge in [-0.1, -0.05) is 36.4 Å². The molecule has 0 aliphatic rings. The Kier molecular flexibility index (Phi) is 4.08. The summed E-state index contributed by atoms with van der Waals surface area (Å²) in [6, 6.07) is 18.1. The topological polar surface area (TPSA) is 66.7 Å². The van der Waals surface area contributed by atoms with Crippen molar-refractivity contribution >= 4 is 10.9 Å². The van der Waals surface area contributed by atoms with E-state index in [0.29, 0.717) is 18.3 Å². The fraction of sp³-hybridized carbons (Fsp3) is 0.158. The van der Waals surface area contributed by atoms with Gasteiger partial charge in [-0.25, -0.2) is 0 Å². The molecule has 5 heteroatoms. The van der Waals surface area contributed by atoms with E-state index in [1.807, 2.05) is 36.4 Å². The minimum absolute atomic E-state index is 0.559. The first-order chi connectivity index (χ1) is 11.9. The number of aromatic nitrogens is 3. The summed E-state index contributed by atoms with van der Waals surface area (Å²) in [6.07, 6.45) is 3.02. The van der Waals surface area contributed by atoms with E-state index in [-0.39, 0.29) is 0 Å². The number of nitrogens with one attached hydrogen (secondary N) is 2. The molecule has 0 saturated carbocycles. The van der Waals surface area contributed by atoms with Crippen LogP contribution in [0.5, 0.6) is 0 Å². The van der Waals surface area contributed by atoms with Gasteiger partial charge >= 0.3 is 0 Å². The number of fused-ring (bicyclic) bond motifs is 1. The van der Waals surface area contributed by atoms with Crippen LogP contribution in [0.2, 0.25) is 0 Å². The van der Waals surface area contributed by atoms with E-state index in [1.54, 1.807) is 0 Å². The lowest BCUT2D eigenvalue weighted by Gasteiger charge is -2.01. The Morgan fingerprint density at radius 3 is 2.71 bits per heavy atom. The SMILES string of the molecule is c1ccc(-c2nnc(CNCCc3c[nH]c4ccccc34)o2)cc1. The van der Waals surface area contributed by atoms with Crippen molar-refractivity contribution in [2.75, 3.05) is 6.54 Å². The van der Waals surface area contributed by atoms with Gasteiger partial charge in [0, 0.05) is 22.7 Å². The molecule has 2 aromatic carbocycles. The van der Waals surface area contributed by atoms with E-state index in [4.69, 9.17) is 4.42 Å². The molecule has 0 radical (unpaired) electrons. The Morgan fingerprint density at radius 2 is 1.79 bits per heavy atom. The van der Waals surface area contributed by atoms with Crippen LogP contribution in [0.3, 0.4) is 0 Å². The molecule has 2 aromatic heterocycles. The normalized spacial score (nSPS) is 11.2. The Balaban J connectivity index is 1.32. The average molecular weight is 318 g/mol. The number of rotatable bonds is 6. The minimum Gasteiger partial charge on any atom is -0.419 e. The zero-order chi connectivity index (χ0) is 16.2. The maximum Gasteiger partial charge on any atom is 0.247 e. The molecule has 0 aliphatic heterocycles. The molecule has 0 bridgehead atoms. The van der Waals surface area contributed by atoms with Gasteiger partial charge in [0.2, 0.25) is 11.8 Å². The third kappa shape index (κ3) is 3.07. The van der Waals surface area contributed by atoms with Gasteiger partial charge in [0.15, 0.2) is 0 Å². The van der Waals surface area contributed by atoms with Gasteiger partial charge in [0.25, 0.3) is 0 Å². The van der Waals surface area contributed by atoms with Gasteiger partial charge < -0.3 is 14.7 Å². The smallest absolute Gasteiger partial charge is 0.247 e. The Morgan fingerprint density at radius 1 is 0.958 bits per heavy atom. The Bertz CT molecular complexity index is 927. The summed E-state index contributed by atoms with van der Waals surface area (Å²) >= 11 is 0. The van der Waals surface area contributed by atoms with Crippen molar-refractivity contribution in [2.45, 2.75) is 13.0 Å². The molecule has 0 aliphatic carbocycles. The zero-order valence-corrected chi connectivity index (χ0v) is 13.2. The van der Waals surface area contributed by atoms with E-state index in [0.717, 1.165) is 18.5 Å². The standard InChI is InChI=1S/C19H18N4O/c1-2-6-14(7-3-1)19-23-22-18(24-19)13-20-11-10-15-12-21-17-9-5-4-8-16(15)17/h1-9,12,20-21H,10-11,13H2. The minimum atomic E-state index is 0.559. The van der Waals surface area contributed by atoms with E-state index >= 15 is 0 Å². The summed E-state index contributed by atoms with van der Waals surface area (Å²) in [5, 5.41) is 12.8. The largest absolute Gasteiger partial charge is 0.419 e. The Hall–Kier alpha value is -2.92. The van der Waals surface area contributed by atoms with E-state index in [1.165, 1.54) is 16.5 Å². The summed E-state index contributed by atoms with van der Waals surface area (Å²) in [5.41, 5.74) is 3.43. The molecular weight excluding hydrogens is 300 g/mol. The highest BCUT2D eigenvalue weighted by Crippen LogP contribution is 2.18. The van der Waals surface area contributed by atoms with Gasteiger partial charge in [-0.05, 0) is 36.7 Å². The van der Waals surface area contributed by atoms with Crippen molar-refractivity contribution in [3.63, 3.8) is 0 Å². The quantitative estimate of drug-likeness (QED) is 0.534. The molecule has 0 unspecified atom stereocenters. The second-order valence-corrected chi connectivity index (χ2v) is 5.65. The predicted molar refractivity (Wildman–Crippen MR) is 93.4 cm³/mol. The molecule has 0 fully saturated rings. The zero-order valence-electron chi connectivity index (χ0n) is 13.2. The highest BCUT2D eigenvalue weighted by Gasteiger charge is 2.08. The number of nitrogens with zero attached hydrogens (tertiary/aromatic N) is 2. The number of hydrogen-bond acceptors (Lipinski definition) is 4. The van der Waals surface area contributed by atoms with E-state index in [2.05, 4.69) is 44.9 Å². The van der Waals surface area contributed by atoms with Gasteiger partial charge in [-0.3, -0.25) is 0 Å². The van der Waals surface area contributed by atoms with Gasteiger partial charge in [0.05, 0.1) is 6.54 Å². The second kappa shape index (κ2) is 6.68. The van der Waals surface area contributed by atoms with Crippen LogP contribution in [0.25, 0.3) is 22.4 Å². The van der Waals surface area contributed by atoms with Crippen LogP contribution in [0.4, 0.5) is 0 Å². The molecule has 0 saturated heterocycles. The summed E-state index contributed by atoms with van der Waals surface area (Å²) in [7, 11) is 0. The first-order valence-electron chi connectivity index (χ1n) is 8.04. The number of aromatic amines is 1. The van der Waals surface area contributed by atoms with Crippen molar-refractivity contribution in [3.8, 4) is 11.5 Å². The van der Waals surface area contributed by atoms with Gasteiger partial charge in [0.1, 0.15) is 0 Å². The third-order valence-electron chi connectivity index (χ3n) is 4.01. The lowest BCUT2D eigenvalue weighted by Crippen LogP contribution is -2.16. The van der Waals surface area contributed by atoms with E-state index < -0.39 is 0 Å². The number of H-pyrrole nitrogens is 1. The van der Waals surface area contributed by atoms with Crippen LogP contribution in [-0.4, -0.2) is 21.7 Å². The summed E-state index contributed by atoms with van der Waals surface area (Å²) in [5.74, 6) is 1.16. The predicted octanol–water partition coefficient (Wildman–Crippen LogP) is 3.55. The lowest BCUT2D eigenvalue weighted by molar-refractivity contribution is 0.478. The van der Waals surface area contributed by atoms with Crippen molar-refractivity contribution in [1.82, 2.24) is 20.5 Å². The lowest BCUT2D eigenvalue weighted by atomic mass is 10.1. The Labute approximate surface area is 139 Å². The van der Waals surface area contributed by atoms with Crippen LogP contribution in [0, 0.1) is 0 Å². The molecule has 4 aromatic rings. The van der Waals surface area contributed by atoms with Crippen LogP contribution < -0.4 is 5.32 Å². The molecule has 0 atom stereocenters. The first kappa shape index (κ1) is 14.7. The molecular formula is C19H18N4O. The highest BCUT2D eigenvalue weighted by atomic mass is 16.4. The highest BCUT2D eigenvalue weighted by molar-refractivity contribution is 5.83. The van der Waals surface area contributed by atoms with Crippen LogP contribution in [-0.2, 0) is 13.0 Å². The number of hydrogen-bond donors (Lipinski definition) is 2. The first-order valence-corrected chi connectivity index (χ1v) is 8.04.